The fourth-order valence-electron chi connectivity index (χ4n) is 23.6. The lowest BCUT2D eigenvalue weighted by Crippen LogP contribution is -2.26. The van der Waals surface area contributed by atoms with Crippen molar-refractivity contribution in [1.82, 2.24) is 4.57 Å². The van der Waals surface area contributed by atoms with Crippen LogP contribution in [0.2, 0.25) is 0 Å². The van der Waals surface area contributed by atoms with Gasteiger partial charge >= 0.3 is 0 Å². The topological polar surface area (TPSA) is 24.6 Å². The minimum Gasteiger partial charge on any atom is -0.456 e. The lowest BCUT2D eigenvalue weighted by Gasteiger charge is -2.33. The zero-order valence-electron chi connectivity index (χ0n) is 72.0. The molecule has 0 N–H and O–H groups in total. The van der Waals surface area contributed by atoms with E-state index in [4.69, 9.17) is 4.42 Å². The van der Waals surface area contributed by atoms with Crippen molar-refractivity contribution in [2.45, 2.75) is 10.8 Å². The second-order valence-electron chi connectivity index (χ2n) is 35.4. The Hall–Kier alpha value is -17.2. The molecule has 2 heterocycles. The Kier molecular flexibility index (Phi) is 16.9. The molecule has 0 amide bonds. The van der Waals surface area contributed by atoms with Crippen LogP contribution < -0.4 is 9.80 Å². The van der Waals surface area contributed by atoms with E-state index in [1.54, 1.807) is 0 Å². The summed E-state index contributed by atoms with van der Waals surface area (Å²) in [6, 6.07) is 184. The van der Waals surface area contributed by atoms with E-state index in [-0.39, 0.29) is 0 Å². The number of fused-ring (bicyclic) bond motifs is 26. The number of para-hydroxylation sites is 2. The number of anilines is 6. The molecule has 2 aromatic heterocycles. The molecule has 614 valence electrons. The smallest absolute Gasteiger partial charge is 0.137 e. The van der Waals surface area contributed by atoms with Crippen molar-refractivity contribution in [2.24, 2.45) is 0 Å². The average Bonchev–Trinajstić information content (AvgIpc) is 1.51. The van der Waals surface area contributed by atoms with E-state index >= 15 is 0 Å². The SMILES string of the molecule is c1ccc(-c2ccccc2-c2c(-c3ccccc3)cccc2N(c2ccc3c(c2)-c2ccccc2C32c3ccccc3-c3ccccc32)c2ccc3c(c2)c2ccc(-c4cccc(-c5cccc(N(c6cccc7c6-c6ccccc6C76c7ccccc7-c7ccccc76)c6cccc7oc8ccccc8c67)c5-c5ccccc5-c5ccccc5)c4)cc2n3-c2ccccc2)cc1. The molecule has 0 radical (unpaired) electrons. The summed E-state index contributed by atoms with van der Waals surface area (Å²) in [5.74, 6) is 0. The second kappa shape index (κ2) is 29.7. The molecule has 0 bridgehead atoms. The summed E-state index contributed by atoms with van der Waals surface area (Å²) in [6.07, 6.45) is 0. The fraction of sp³-hybridized carbons (Fsp3) is 0.0156. The van der Waals surface area contributed by atoms with Gasteiger partial charge in [-0.25, -0.2) is 0 Å². The van der Waals surface area contributed by atoms with Gasteiger partial charge in [-0.1, -0.05) is 400 Å². The lowest BCUT2D eigenvalue weighted by molar-refractivity contribution is 0.669. The van der Waals surface area contributed by atoms with E-state index in [1.807, 2.05) is 0 Å². The first-order valence-electron chi connectivity index (χ1n) is 45.8. The molecule has 0 unspecified atom stereocenters. The van der Waals surface area contributed by atoms with Crippen molar-refractivity contribution in [3.8, 4) is 128 Å². The normalized spacial score (nSPS) is 13.0. The first-order valence-corrected chi connectivity index (χ1v) is 45.8. The van der Waals surface area contributed by atoms with Gasteiger partial charge in [-0.15, -0.1) is 0 Å². The van der Waals surface area contributed by atoms with E-state index in [0.717, 1.165) is 161 Å². The van der Waals surface area contributed by atoms with Gasteiger partial charge < -0.3 is 18.8 Å². The van der Waals surface area contributed by atoms with Gasteiger partial charge in [-0.2, -0.15) is 0 Å². The molecule has 4 aliphatic rings. The third-order valence-corrected chi connectivity index (χ3v) is 28.8. The molecule has 0 aliphatic heterocycles. The van der Waals surface area contributed by atoms with Crippen LogP contribution >= 0.6 is 0 Å². The monoisotopic (exact) mass is 1680 g/mol. The van der Waals surface area contributed by atoms with Gasteiger partial charge in [-0.3, -0.25) is 0 Å². The first kappa shape index (κ1) is 75.0. The maximum Gasteiger partial charge on any atom is 0.137 e. The molecule has 23 aromatic rings. The number of hydrogen-bond donors (Lipinski definition) is 0. The third kappa shape index (κ3) is 11.0. The summed E-state index contributed by atoms with van der Waals surface area (Å²) in [5.41, 5.74) is 46.1. The van der Waals surface area contributed by atoms with Gasteiger partial charge in [0.15, 0.2) is 0 Å². The number of rotatable bonds is 14. The van der Waals surface area contributed by atoms with E-state index in [2.05, 4.69) is 506 Å². The van der Waals surface area contributed by atoms with Crippen LogP contribution in [-0.2, 0) is 10.8 Å². The molecule has 132 heavy (non-hydrogen) atoms. The van der Waals surface area contributed by atoms with Crippen LogP contribution in [0.1, 0.15) is 44.5 Å². The lowest BCUT2D eigenvalue weighted by atomic mass is 9.70. The Morgan fingerprint density at radius 1 is 0.182 bits per heavy atom. The zero-order chi connectivity index (χ0) is 86.7. The molecule has 0 saturated carbocycles. The maximum atomic E-state index is 6.95. The van der Waals surface area contributed by atoms with Gasteiger partial charge in [0.2, 0.25) is 0 Å². The van der Waals surface area contributed by atoms with Crippen LogP contribution in [0.5, 0.6) is 0 Å². The van der Waals surface area contributed by atoms with Crippen molar-refractivity contribution in [1.29, 1.82) is 0 Å². The minimum absolute atomic E-state index is 0.521. The highest BCUT2D eigenvalue weighted by Gasteiger charge is 2.54. The molecule has 0 saturated heterocycles. The summed E-state index contributed by atoms with van der Waals surface area (Å²) in [7, 11) is 0. The van der Waals surface area contributed by atoms with Crippen LogP contribution in [0, 0.1) is 0 Å². The Balaban J connectivity index is 0.671. The average molecular weight is 1680 g/mol. The molecule has 4 nitrogen and oxygen atoms in total. The molecule has 0 atom stereocenters. The summed E-state index contributed by atoms with van der Waals surface area (Å²) >= 11 is 0. The van der Waals surface area contributed by atoms with Gasteiger partial charge in [0.1, 0.15) is 11.2 Å². The van der Waals surface area contributed by atoms with Gasteiger partial charge in [0.05, 0.1) is 50.0 Å². The summed E-state index contributed by atoms with van der Waals surface area (Å²) < 4.78 is 9.44. The standard InChI is InChI=1S/C128H81N3O/c1-5-36-82(37-6-1)91-46-13-15-53-101(91)123-93(84-40-9-3-10-41-84)57-32-66-116(123)129(89-73-76-113-105(80-89)99-52-21-28-63-111(99)127(113)107-59-24-17-48-95(107)96-49-18-25-60-108(96)127)90-74-77-115-106(81-90)100-75-72-86(79-120(100)130(115)88-44-11-4-12-45-88)85-42-31-43-87(78-85)94-58-33-67-117(124(94)102-54-16-14-47-92(102)83-38-7-2-8-39-83)131(119-69-35-71-122-126(119)104-56-23-30-70-121(104)132-122)118-68-34-65-114-125(118)103-55-22-29-64-112(103)128(114)109-61-26-19-50-97(109)98-51-20-27-62-110(98)128/h1-81H. The van der Waals surface area contributed by atoms with Crippen LogP contribution in [0.3, 0.4) is 0 Å². The second-order valence-corrected chi connectivity index (χ2v) is 35.4. The third-order valence-electron chi connectivity index (χ3n) is 28.8. The van der Waals surface area contributed by atoms with Crippen LogP contribution in [0.4, 0.5) is 34.1 Å². The Morgan fingerprint density at radius 2 is 0.553 bits per heavy atom. The predicted octanol–water partition coefficient (Wildman–Crippen LogP) is 34.0. The molecular formula is C128H81N3O. The molecule has 21 aromatic carbocycles. The largest absolute Gasteiger partial charge is 0.456 e. The molecule has 2 spiro atoms. The zero-order valence-corrected chi connectivity index (χ0v) is 72.0. The van der Waals surface area contributed by atoms with E-state index in [1.165, 1.54) is 89.0 Å². The van der Waals surface area contributed by atoms with Gasteiger partial charge in [0, 0.05) is 49.9 Å². The van der Waals surface area contributed by atoms with Crippen LogP contribution in [0.25, 0.3) is 172 Å². The fourth-order valence-corrected chi connectivity index (χ4v) is 23.6. The summed E-state index contributed by atoms with van der Waals surface area (Å²) in [6.45, 7) is 0. The maximum absolute atomic E-state index is 6.95. The molecule has 0 fully saturated rings. The highest BCUT2D eigenvalue weighted by atomic mass is 16.3. The van der Waals surface area contributed by atoms with Crippen LogP contribution in [0.15, 0.2) is 496 Å². The summed E-state index contributed by atoms with van der Waals surface area (Å²) in [5, 5.41) is 4.37. The van der Waals surface area contributed by atoms with Crippen LogP contribution in [-0.4, -0.2) is 4.57 Å². The Bertz CT molecular complexity index is 8580. The molecule has 4 heteroatoms. The first-order chi connectivity index (χ1) is 65.5. The van der Waals surface area contributed by atoms with E-state index < -0.39 is 10.8 Å². The molecular weight excluding hydrogens is 1600 g/mol. The molecule has 4 aliphatic carbocycles. The van der Waals surface area contributed by atoms with Crippen molar-refractivity contribution in [2.75, 3.05) is 9.80 Å². The van der Waals surface area contributed by atoms with E-state index in [0.29, 0.717) is 0 Å². The Labute approximate surface area is 766 Å². The van der Waals surface area contributed by atoms with Crippen molar-refractivity contribution < 1.29 is 4.42 Å². The quantitative estimate of drug-likeness (QED) is 0.108. The predicted molar refractivity (Wildman–Crippen MR) is 548 cm³/mol. The number of nitrogens with zero attached hydrogens (tertiary/aromatic N) is 3. The number of aromatic nitrogens is 1. The number of furan rings is 1. The van der Waals surface area contributed by atoms with Crippen molar-refractivity contribution in [3.05, 3.63) is 536 Å². The van der Waals surface area contributed by atoms with E-state index in [9.17, 15) is 0 Å². The summed E-state index contributed by atoms with van der Waals surface area (Å²) in [4.78, 5) is 5.16. The van der Waals surface area contributed by atoms with Gasteiger partial charge in [-0.05, 0) is 241 Å². The van der Waals surface area contributed by atoms with Gasteiger partial charge in [0.25, 0.3) is 0 Å². The minimum atomic E-state index is -0.597. The van der Waals surface area contributed by atoms with Crippen molar-refractivity contribution in [3.63, 3.8) is 0 Å². The highest BCUT2D eigenvalue weighted by molar-refractivity contribution is 6.18. The van der Waals surface area contributed by atoms with Crippen molar-refractivity contribution >= 4 is 77.9 Å². The molecule has 27 rings (SSSR count). The number of hydrogen-bond acceptors (Lipinski definition) is 3. The highest BCUT2D eigenvalue weighted by Crippen LogP contribution is 2.68. The number of benzene rings is 21. The Morgan fingerprint density at radius 3 is 1.14 bits per heavy atom.